The summed E-state index contributed by atoms with van der Waals surface area (Å²) >= 11 is 5.97. The van der Waals surface area contributed by atoms with Gasteiger partial charge in [-0.25, -0.2) is 14.3 Å². The van der Waals surface area contributed by atoms with Crippen molar-refractivity contribution in [3.63, 3.8) is 0 Å². The second kappa shape index (κ2) is 9.33. The molecule has 2 aromatic heterocycles. The Bertz CT molecular complexity index is 1270. The van der Waals surface area contributed by atoms with Crippen molar-refractivity contribution in [1.29, 1.82) is 0 Å². The number of halogens is 4. The van der Waals surface area contributed by atoms with Gasteiger partial charge in [-0.2, -0.15) is 18.3 Å². The minimum absolute atomic E-state index is 0.0285. The van der Waals surface area contributed by atoms with E-state index in [4.69, 9.17) is 16.3 Å². The Morgan fingerprint density at radius 2 is 1.88 bits per heavy atom. The molecule has 2 heterocycles. The van der Waals surface area contributed by atoms with Gasteiger partial charge in [0.05, 0.1) is 12.1 Å². The molecule has 0 atom stereocenters. The zero-order valence-electron chi connectivity index (χ0n) is 16.8. The zero-order valence-corrected chi connectivity index (χ0v) is 17.6. The first kappa shape index (κ1) is 22.3. The summed E-state index contributed by atoms with van der Waals surface area (Å²) in [6, 6.07) is 13.2. The molecule has 12 heteroatoms. The van der Waals surface area contributed by atoms with Gasteiger partial charge in [0, 0.05) is 11.2 Å². The van der Waals surface area contributed by atoms with Gasteiger partial charge in [-0.05, 0) is 42.0 Å². The summed E-state index contributed by atoms with van der Waals surface area (Å²) < 4.78 is 46.5. The van der Waals surface area contributed by atoms with Gasteiger partial charge in [0.15, 0.2) is 12.4 Å². The molecule has 0 aliphatic heterocycles. The fourth-order valence-electron chi connectivity index (χ4n) is 2.87. The summed E-state index contributed by atoms with van der Waals surface area (Å²) in [7, 11) is 0. The molecule has 0 aliphatic rings. The fourth-order valence-corrected chi connectivity index (χ4v) is 3.09. The highest BCUT2D eigenvalue weighted by molar-refractivity contribution is 6.30. The highest BCUT2D eigenvalue weighted by atomic mass is 35.5. The number of anilines is 1. The minimum atomic E-state index is -4.47. The number of nitrogens with one attached hydrogen (secondary N) is 1. The average Bonchev–Trinajstić information content (AvgIpc) is 3.41. The molecule has 4 aromatic rings. The topological polar surface area (TPSA) is 86.9 Å². The van der Waals surface area contributed by atoms with E-state index in [-0.39, 0.29) is 24.1 Å². The summed E-state index contributed by atoms with van der Waals surface area (Å²) in [5, 5.41) is 11.4. The van der Waals surface area contributed by atoms with Crippen molar-refractivity contribution in [3.8, 4) is 5.75 Å². The molecule has 1 amide bonds. The van der Waals surface area contributed by atoms with E-state index >= 15 is 0 Å². The number of nitrogens with zero attached hydrogens (tertiary/aromatic N) is 5. The third-order valence-electron chi connectivity index (χ3n) is 4.39. The quantitative estimate of drug-likeness (QED) is 0.425. The molecule has 2 aromatic carbocycles. The molecule has 0 aliphatic carbocycles. The summed E-state index contributed by atoms with van der Waals surface area (Å²) in [5.41, 5.74) is 0.168. The lowest BCUT2D eigenvalue weighted by Gasteiger charge is -2.10. The second-order valence-corrected chi connectivity index (χ2v) is 7.33. The van der Waals surface area contributed by atoms with Crippen molar-refractivity contribution in [2.75, 3.05) is 5.32 Å². The molecule has 0 fully saturated rings. The number of benzene rings is 2. The van der Waals surface area contributed by atoms with E-state index in [1.165, 1.54) is 35.4 Å². The van der Waals surface area contributed by atoms with Crippen LogP contribution in [0.2, 0.25) is 5.02 Å². The molecule has 170 valence electrons. The lowest BCUT2D eigenvalue weighted by atomic mass is 10.2. The van der Waals surface area contributed by atoms with E-state index in [0.717, 1.165) is 17.7 Å². The van der Waals surface area contributed by atoms with Gasteiger partial charge < -0.3 is 4.74 Å². The van der Waals surface area contributed by atoms with Crippen LogP contribution in [0.5, 0.6) is 5.75 Å². The molecule has 0 radical (unpaired) electrons. The summed E-state index contributed by atoms with van der Waals surface area (Å²) in [6.45, 7) is 0.242. The molecular weight excluding hydrogens is 461 g/mol. The Hall–Kier alpha value is -3.86. The number of carbonyl (C=O) groups is 1. The van der Waals surface area contributed by atoms with Crippen LogP contribution in [0, 0.1) is 0 Å². The highest BCUT2D eigenvalue weighted by Crippen LogP contribution is 2.31. The molecule has 8 nitrogen and oxygen atoms in total. The Morgan fingerprint density at radius 1 is 1.06 bits per heavy atom. The van der Waals surface area contributed by atoms with Gasteiger partial charge in [0.1, 0.15) is 12.1 Å². The van der Waals surface area contributed by atoms with Crippen molar-refractivity contribution in [1.82, 2.24) is 24.5 Å². The van der Waals surface area contributed by atoms with Crippen LogP contribution in [-0.4, -0.2) is 30.5 Å². The second-order valence-electron chi connectivity index (χ2n) is 6.89. The maximum absolute atomic E-state index is 12.8. The molecule has 4 rings (SSSR count). The lowest BCUT2D eigenvalue weighted by Crippen LogP contribution is -2.15. The predicted octanol–water partition coefficient (Wildman–Crippen LogP) is 4.48. The Morgan fingerprint density at radius 3 is 2.67 bits per heavy atom. The van der Waals surface area contributed by atoms with Crippen molar-refractivity contribution in [2.45, 2.75) is 19.5 Å². The van der Waals surface area contributed by atoms with Crippen LogP contribution in [0.15, 0.2) is 67.1 Å². The fraction of sp³-hybridized carbons (Fsp3) is 0.143. The predicted molar refractivity (Wildman–Crippen MR) is 113 cm³/mol. The number of alkyl halides is 3. The van der Waals surface area contributed by atoms with Gasteiger partial charge in [-0.3, -0.25) is 10.1 Å². The van der Waals surface area contributed by atoms with E-state index < -0.39 is 17.6 Å². The van der Waals surface area contributed by atoms with Gasteiger partial charge in [-0.15, -0.1) is 5.10 Å². The number of amides is 1. The maximum Gasteiger partial charge on any atom is 0.416 e. The summed E-state index contributed by atoms with van der Waals surface area (Å²) in [4.78, 5) is 16.5. The monoisotopic (exact) mass is 476 g/mol. The first-order valence-electron chi connectivity index (χ1n) is 9.55. The molecule has 33 heavy (non-hydrogen) atoms. The zero-order chi connectivity index (χ0) is 23.4. The number of hydrogen-bond donors (Lipinski definition) is 1. The molecule has 0 saturated carbocycles. The third kappa shape index (κ3) is 5.89. The number of rotatable bonds is 7. The molecule has 0 saturated heterocycles. The largest absolute Gasteiger partial charge is 0.471 e. The SMILES string of the molecule is O=C(Nc1ncn(Cc2cccc(Cl)c2)n1)c1ccn(COc2cccc(C(F)(F)F)c2)n1. The average molecular weight is 477 g/mol. The van der Waals surface area contributed by atoms with E-state index in [1.807, 2.05) is 12.1 Å². The summed E-state index contributed by atoms with van der Waals surface area (Å²) in [5.74, 6) is -0.425. The Balaban J connectivity index is 1.33. The van der Waals surface area contributed by atoms with Crippen molar-refractivity contribution in [2.24, 2.45) is 0 Å². The van der Waals surface area contributed by atoms with Crippen LogP contribution in [0.1, 0.15) is 21.6 Å². The van der Waals surface area contributed by atoms with Crippen LogP contribution >= 0.6 is 11.6 Å². The third-order valence-corrected chi connectivity index (χ3v) is 4.63. The van der Waals surface area contributed by atoms with Gasteiger partial charge in [0.25, 0.3) is 5.91 Å². The van der Waals surface area contributed by atoms with Gasteiger partial charge >= 0.3 is 6.18 Å². The van der Waals surface area contributed by atoms with E-state index in [0.29, 0.717) is 11.6 Å². The first-order chi connectivity index (χ1) is 15.8. The minimum Gasteiger partial charge on any atom is -0.471 e. The van der Waals surface area contributed by atoms with Crippen LogP contribution in [0.4, 0.5) is 19.1 Å². The molecule has 0 spiro atoms. The van der Waals surface area contributed by atoms with E-state index in [9.17, 15) is 18.0 Å². The summed E-state index contributed by atoms with van der Waals surface area (Å²) in [6.07, 6.45) is -1.53. The smallest absolute Gasteiger partial charge is 0.416 e. The van der Waals surface area contributed by atoms with Crippen molar-refractivity contribution in [3.05, 3.63) is 89.0 Å². The van der Waals surface area contributed by atoms with E-state index in [2.05, 4.69) is 20.5 Å². The molecule has 0 unspecified atom stereocenters. The van der Waals surface area contributed by atoms with E-state index in [1.54, 1.807) is 16.8 Å². The number of carbonyl (C=O) groups excluding carboxylic acids is 1. The highest BCUT2D eigenvalue weighted by Gasteiger charge is 2.30. The van der Waals surface area contributed by atoms with Gasteiger partial charge in [0.2, 0.25) is 5.95 Å². The van der Waals surface area contributed by atoms with Crippen molar-refractivity contribution >= 4 is 23.5 Å². The first-order valence-corrected chi connectivity index (χ1v) is 9.93. The normalized spacial score (nSPS) is 11.4. The Labute approximate surface area is 190 Å². The van der Waals surface area contributed by atoms with Gasteiger partial charge in [-0.1, -0.05) is 29.8 Å². The lowest BCUT2D eigenvalue weighted by molar-refractivity contribution is -0.137. The Kier molecular flexibility index (Phi) is 6.31. The van der Waals surface area contributed by atoms with Crippen molar-refractivity contribution < 1.29 is 22.7 Å². The number of aromatic nitrogens is 5. The number of hydrogen-bond acceptors (Lipinski definition) is 5. The number of ether oxygens (including phenoxy) is 1. The molecule has 1 N–H and O–H groups in total. The molecule has 0 bridgehead atoms. The van der Waals surface area contributed by atoms with Crippen LogP contribution in [-0.2, 0) is 19.5 Å². The van der Waals surface area contributed by atoms with Crippen LogP contribution in [0.3, 0.4) is 0 Å². The van der Waals surface area contributed by atoms with Crippen LogP contribution in [0.25, 0.3) is 0 Å². The maximum atomic E-state index is 12.8. The van der Waals surface area contributed by atoms with Crippen LogP contribution < -0.4 is 10.1 Å². The molecular formula is C21H16ClF3N6O2. The standard InChI is InChI=1S/C21H16ClF3N6O2/c22-16-5-1-3-14(9-16)11-31-12-26-20(29-31)27-19(32)18-7-8-30(28-18)13-33-17-6-2-4-15(10-17)21(23,24)25/h1-10,12H,11,13H2,(H,27,29,32).